The molecule has 0 radical (unpaired) electrons. The molecule has 2 atom stereocenters. The molecule has 6 heteroatoms. The van der Waals surface area contributed by atoms with E-state index >= 15 is 0 Å². The Morgan fingerprint density at radius 1 is 1.16 bits per heavy atom. The smallest absolute Gasteiger partial charge is 0.349 e. The van der Waals surface area contributed by atoms with E-state index in [1.54, 1.807) is 0 Å². The van der Waals surface area contributed by atoms with Crippen LogP contribution in [0.2, 0.25) is 0 Å². The molecule has 5 nitrogen and oxygen atoms in total. The monoisotopic (exact) mass is 454 g/mol. The molecule has 0 aliphatic carbocycles. The lowest BCUT2D eigenvalue weighted by Gasteiger charge is -2.41. The van der Waals surface area contributed by atoms with Gasteiger partial charge < -0.3 is 14.6 Å². The molecule has 3 rings (SSSR count). The van der Waals surface area contributed by atoms with Gasteiger partial charge in [-0.2, -0.15) is 0 Å². The van der Waals surface area contributed by atoms with Gasteiger partial charge in [-0.15, -0.1) is 0 Å². The van der Waals surface area contributed by atoms with Crippen LogP contribution in [0.5, 0.6) is 0 Å². The van der Waals surface area contributed by atoms with Crippen LogP contribution in [-0.2, 0) is 24.7 Å². The first-order valence-corrected chi connectivity index (χ1v) is 11.7. The molecule has 1 aliphatic heterocycles. The normalized spacial score (nSPS) is 19.6. The molecule has 170 valence electrons. The summed E-state index contributed by atoms with van der Waals surface area (Å²) in [7, 11) is 1.33. The highest BCUT2D eigenvalue weighted by Gasteiger charge is 2.52. The molecule has 2 unspecified atom stereocenters. The quantitative estimate of drug-likeness (QED) is 0.486. The van der Waals surface area contributed by atoms with Crippen LogP contribution < -0.4 is 0 Å². The van der Waals surface area contributed by atoms with Gasteiger partial charge in [0.15, 0.2) is 5.60 Å². The number of aliphatic hydroxyl groups excluding tert-OH is 1. The maximum atomic E-state index is 13.3. The Labute approximate surface area is 193 Å². The van der Waals surface area contributed by atoms with Crippen LogP contribution in [-0.4, -0.2) is 24.2 Å². The standard InChI is InChI=1S/C26H30O5S/c1-5-11-20(24(28)30-4)26(18-12-7-6-8-13-18)16-21(27)23(25(29)31-26)32-22-15-10-9-14-19(22)17(2)3/h6-10,12-15,17,20,27H,5,11,16H2,1-4H3. The molecular weight excluding hydrogens is 424 g/mol. The van der Waals surface area contributed by atoms with Crippen LogP contribution in [0.4, 0.5) is 0 Å². The van der Waals surface area contributed by atoms with Gasteiger partial charge in [0, 0.05) is 4.90 Å². The summed E-state index contributed by atoms with van der Waals surface area (Å²) in [6.45, 7) is 6.12. The summed E-state index contributed by atoms with van der Waals surface area (Å²) >= 11 is 1.21. The molecule has 0 bridgehead atoms. The number of hydrogen-bond donors (Lipinski definition) is 1. The molecule has 0 saturated heterocycles. The molecule has 2 aromatic rings. The minimum Gasteiger partial charge on any atom is -0.511 e. The highest BCUT2D eigenvalue weighted by molar-refractivity contribution is 8.04. The first-order valence-electron chi connectivity index (χ1n) is 10.9. The molecule has 0 fully saturated rings. The first-order chi connectivity index (χ1) is 15.3. The number of hydrogen-bond acceptors (Lipinski definition) is 6. The molecule has 1 heterocycles. The van der Waals surface area contributed by atoms with Gasteiger partial charge in [0.2, 0.25) is 0 Å². The van der Waals surface area contributed by atoms with Crippen molar-refractivity contribution in [1.29, 1.82) is 0 Å². The number of thioether (sulfide) groups is 1. The zero-order valence-electron chi connectivity index (χ0n) is 19.0. The Kier molecular flexibility index (Phi) is 7.67. The second-order valence-electron chi connectivity index (χ2n) is 8.26. The SMILES string of the molecule is CCCC(C(=O)OC)C1(c2ccccc2)CC(O)=C(Sc2ccccc2C(C)C)C(=O)O1. The van der Waals surface area contributed by atoms with E-state index in [2.05, 4.69) is 13.8 Å². The Balaban J connectivity index is 2.08. The van der Waals surface area contributed by atoms with E-state index in [1.807, 2.05) is 61.5 Å². The van der Waals surface area contributed by atoms with Crippen molar-refractivity contribution < 1.29 is 24.2 Å². The molecule has 0 spiro atoms. The predicted octanol–water partition coefficient (Wildman–Crippen LogP) is 6.10. The minimum absolute atomic E-state index is 0.00863. The fourth-order valence-corrected chi connectivity index (χ4v) is 5.31. The lowest BCUT2D eigenvalue weighted by Crippen LogP contribution is -2.47. The zero-order valence-corrected chi connectivity index (χ0v) is 19.8. The molecule has 32 heavy (non-hydrogen) atoms. The summed E-state index contributed by atoms with van der Waals surface area (Å²) < 4.78 is 11.1. The van der Waals surface area contributed by atoms with Gasteiger partial charge in [-0.1, -0.05) is 87.5 Å². The topological polar surface area (TPSA) is 72.8 Å². The Bertz CT molecular complexity index is 998. The first kappa shape index (κ1) is 23.9. The Morgan fingerprint density at radius 3 is 2.41 bits per heavy atom. The van der Waals surface area contributed by atoms with Crippen molar-refractivity contribution in [1.82, 2.24) is 0 Å². The van der Waals surface area contributed by atoms with Gasteiger partial charge >= 0.3 is 11.9 Å². The Morgan fingerprint density at radius 2 is 1.81 bits per heavy atom. The van der Waals surface area contributed by atoms with Gasteiger partial charge in [-0.3, -0.25) is 4.79 Å². The predicted molar refractivity (Wildman–Crippen MR) is 125 cm³/mol. The average Bonchev–Trinajstić information content (AvgIpc) is 2.80. The van der Waals surface area contributed by atoms with Crippen LogP contribution in [0.1, 0.15) is 57.1 Å². The fourth-order valence-electron chi connectivity index (χ4n) is 4.20. The molecule has 1 aliphatic rings. The van der Waals surface area contributed by atoms with Crippen LogP contribution in [0.25, 0.3) is 0 Å². The van der Waals surface area contributed by atoms with Crippen LogP contribution in [0.3, 0.4) is 0 Å². The molecule has 0 aromatic heterocycles. The van der Waals surface area contributed by atoms with E-state index in [0.29, 0.717) is 18.4 Å². The number of benzene rings is 2. The summed E-state index contributed by atoms with van der Waals surface area (Å²) in [6, 6.07) is 17.0. The molecule has 0 saturated carbocycles. The Hall–Kier alpha value is -2.73. The summed E-state index contributed by atoms with van der Waals surface area (Å²) in [4.78, 5) is 27.1. The van der Waals surface area contributed by atoms with E-state index in [1.165, 1.54) is 18.9 Å². The number of ether oxygens (including phenoxy) is 2. The third-order valence-corrected chi connectivity index (χ3v) is 6.99. The fraction of sp³-hybridized carbons (Fsp3) is 0.385. The van der Waals surface area contributed by atoms with E-state index in [0.717, 1.165) is 10.5 Å². The van der Waals surface area contributed by atoms with Crippen LogP contribution in [0, 0.1) is 5.92 Å². The molecule has 1 N–H and O–H groups in total. The molecule has 0 amide bonds. The largest absolute Gasteiger partial charge is 0.511 e. The highest BCUT2D eigenvalue weighted by atomic mass is 32.2. The molecular formula is C26H30O5S. The zero-order chi connectivity index (χ0) is 23.3. The van der Waals surface area contributed by atoms with Crippen molar-refractivity contribution in [3.8, 4) is 0 Å². The van der Waals surface area contributed by atoms with Gasteiger partial charge in [0.1, 0.15) is 16.6 Å². The number of cyclic esters (lactones) is 1. The maximum absolute atomic E-state index is 13.3. The van der Waals surface area contributed by atoms with E-state index in [-0.39, 0.29) is 23.0 Å². The third kappa shape index (κ3) is 4.70. The third-order valence-electron chi connectivity index (χ3n) is 5.79. The van der Waals surface area contributed by atoms with Gasteiger partial charge in [-0.05, 0) is 29.5 Å². The van der Waals surface area contributed by atoms with Crippen molar-refractivity contribution >= 4 is 23.7 Å². The summed E-state index contributed by atoms with van der Waals surface area (Å²) in [6.07, 6.45) is 1.16. The summed E-state index contributed by atoms with van der Waals surface area (Å²) in [5, 5.41) is 11.1. The maximum Gasteiger partial charge on any atom is 0.349 e. The number of aliphatic hydroxyl groups is 1. The van der Waals surface area contributed by atoms with Crippen molar-refractivity contribution in [2.45, 2.75) is 56.4 Å². The number of carbonyl (C=O) groups excluding carboxylic acids is 2. The van der Waals surface area contributed by atoms with Gasteiger partial charge in [0.05, 0.1) is 13.5 Å². The summed E-state index contributed by atoms with van der Waals surface area (Å²) in [5.41, 5.74) is 0.423. The van der Waals surface area contributed by atoms with Crippen molar-refractivity contribution in [3.05, 3.63) is 76.4 Å². The van der Waals surface area contributed by atoms with Crippen LogP contribution >= 0.6 is 11.8 Å². The second kappa shape index (κ2) is 10.3. The van der Waals surface area contributed by atoms with Crippen molar-refractivity contribution in [2.75, 3.05) is 7.11 Å². The number of rotatable bonds is 8. The number of methoxy groups -OCH3 is 1. The second-order valence-corrected chi connectivity index (χ2v) is 9.31. The number of carbonyl (C=O) groups is 2. The number of esters is 2. The van der Waals surface area contributed by atoms with Crippen molar-refractivity contribution in [3.63, 3.8) is 0 Å². The van der Waals surface area contributed by atoms with Crippen molar-refractivity contribution in [2.24, 2.45) is 5.92 Å². The average molecular weight is 455 g/mol. The lowest BCUT2D eigenvalue weighted by molar-refractivity contribution is -0.178. The van der Waals surface area contributed by atoms with E-state index in [4.69, 9.17) is 9.47 Å². The lowest BCUT2D eigenvalue weighted by atomic mass is 9.75. The molecule has 2 aromatic carbocycles. The van der Waals surface area contributed by atoms with E-state index in [9.17, 15) is 14.7 Å². The van der Waals surface area contributed by atoms with Crippen LogP contribution in [0.15, 0.2) is 70.2 Å². The minimum atomic E-state index is -1.33. The summed E-state index contributed by atoms with van der Waals surface area (Å²) in [5.74, 6) is -1.64. The van der Waals surface area contributed by atoms with Gasteiger partial charge in [0.25, 0.3) is 0 Å². The van der Waals surface area contributed by atoms with E-state index < -0.39 is 23.5 Å². The van der Waals surface area contributed by atoms with Gasteiger partial charge in [-0.25, -0.2) is 4.79 Å². The highest BCUT2D eigenvalue weighted by Crippen LogP contribution is 2.48.